The Labute approximate surface area is 211 Å². The molecule has 0 fully saturated rings. The highest BCUT2D eigenvalue weighted by atomic mass is 79.9. The number of aromatic carboxylic acids is 1. The van der Waals surface area contributed by atoms with Gasteiger partial charge in [-0.3, -0.25) is 9.10 Å². The van der Waals surface area contributed by atoms with E-state index in [2.05, 4.69) is 21.2 Å². The average molecular weight is 567 g/mol. The summed E-state index contributed by atoms with van der Waals surface area (Å²) in [6, 6.07) is 16.0. The Bertz CT molecular complexity index is 1380. The van der Waals surface area contributed by atoms with Crippen molar-refractivity contribution in [3.8, 4) is 0 Å². The number of carboxylic acids is 1. The van der Waals surface area contributed by atoms with Crippen molar-refractivity contribution in [1.82, 2.24) is 0 Å². The number of amides is 1. The van der Waals surface area contributed by atoms with Gasteiger partial charge in [0.15, 0.2) is 0 Å². The first kappa shape index (κ1) is 25.7. The lowest BCUT2D eigenvalue weighted by Crippen LogP contribution is -2.30. The summed E-state index contributed by atoms with van der Waals surface area (Å²) in [5.74, 6) is -1.84. The topological polar surface area (TPSA) is 130 Å². The molecule has 0 spiro atoms. The van der Waals surface area contributed by atoms with Gasteiger partial charge in [-0.25, -0.2) is 13.2 Å². The standard InChI is InChI=1S/C23H20BrN3O5S.ClH/c24-17-7-8-19(18(12-17)23(29)30)26-22(28)15-5-6-16(13-25)21(11-15)33(31,32)27-10-9-14-3-1-2-4-20(14)27;/h1-8,11-12H,9-10,13,25H2,(H,26,28)(H,29,30);1H. The molecule has 0 radical (unpaired) electrons. The van der Waals surface area contributed by atoms with E-state index >= 15 is 0 Å². The largest absolute Gasteiger partial charge is 0.478 e. The zero-order valence-corrected chi connectivity index (χ0v) is 20.9. The van der Waals surface area contributed by atoms with Gasteiger partial charge in [0.25, 0.3) is 15.9 Å². The van der Waals surface area contributed by atoms with Crippen LogP contribution in [-0.2, 0) is 23.0 Å². The van der Waals surface area contributed by atoms with E-state index in [1.165, 1.54) is 34.6 Å². The molecule has 1 heterocycles. The number of anilines is 2. The van der Waals surface area contributed by atoms with Gasteiger partial charge in [0.05, 0.1) is 21.8 Å². The summed E-state index contributed by atoms with van der Waals surface area (Å²) in [7, 11) is -3.98. The van der Waals surface area contributed by atoms with Gasteiger partial charge in [-0.05, 0) is 53.9 Å². The minimum Gasteiger partial charge on any atom is -0.478 e. The van der Waals surface area contributed by atoms with Crippen molar-refractivity contribution in [3.63, 3.8) is 0 Å². The summed E-state index contributed by atoms with van der Waals surface area (Å²) >= 11 is 3.21. The van der Waals surface area contributed by atoms with E-state index in [9.17, 15) is 23.1 Å². The third-order valence-electron chi connectivity index (χ3n) is 5.42. The maximum Gasteiger partial charge on any atom is 0.337 e. The molecule has 11 heteroatoms. The molecule has 178 valence electrons. The number of sulfonamides is 1. The first-order valence-electron chi connectivity index (χ1n) is 10.00. The predicted molar refractivity (Wildman–Crippen MR) is 135 cm³/mol. The second-order valence-corrected chi connectivity index (χ2v) is 10.2. The monoisotopic (exact) mass is 565 g/mol. The van der Waals surface area contributed by atoms with Crippen LogP contribution >= 0.6 is 28.3 Å². The molecule has 4 N–H and O–H groups in total. The SMILES string of the molecule is Cl.NCc1ccc(C(=O)Nc2ccc(Br)cc2C(=O)O)cc1S(=O)(=O)N1CCc2ccccc21. The zero-order valence-electron chi connectivity index (χ0n) is 17.7. The van der Waals surface area contributed by atoms with Gasteiger partial charge in [-0.1, -0.05) is 40.2 Å². The number of nitrogens with one attached hydrogen (secondary N) is 1. The molecule has 0 saturated carbocycles. The third kappa shape index (κ3) is 4.80. The maximum absolute atomic E-state index is 13.5. The van der Waals surface area contributed by atoms with Crippen molar-refractivity contribution in [1.29, 1.82) is 0 Å². The first-order chi connectivity index (χ1) is 15.7. The second-order valence-electron chi connectivity index (χ2n) is 7.43. The summed E-state index contributed by atoms with van der Waals surface area (Å²) in [5, 5.41) is 12.0. The van der Waals surface area contributed by atoms with Crippen molar-refractivity contribution in [2.75, 3.05) is 16.2 Å². The number of nitrogens with zero attached hydrogens (tertiary/aromatic N) is 1. The zero-order chi connectivity index (χ0) is 23.8. The summed E-state index contributed by atoms with van der Waals surface area (Å²) in [6.07, 6.45) is 0.592. The lowest BCUT2D eigenvalue weighted by molar-refractivity contribution is 0.0698. The number of hydrogen-bond donors (Lipinski definition) is 3. The fourth-order valence-electron chi connectivity index (χ4n) is 3.78. The van der Waals surface area contributed by atoms with E-state index in [0.717, 1.165) is 5.56 Å². The molecule has 1 aliphatic heterocycles. The van der Waals surface area contributed by atoms with Gasteiger partial charge in [-0.2, -0.15) is 0 Å². The van der Waals surface area contributed by atoms with Crippen LogP contribution in [0.1, 0.15) is 31.8 Å². The number of nitrogens with two attached hydrogens (primary N) is 1. The Morgan fingerprint density at radius 2 is 1.82 bits per heavy atom. The fourth-order valence-corrected chi connectivity index (χ4v) is 5.90. The molecule has 3 aromatic carbocycles. The Morgan fingerprint density at radius 1 is 1.09 bits per heavy atom. The molecule has 4 rings (SSSR count). The third-order valence-corrected chi connectivity index (χ3v) is 7.81. The molecule has 0 aliphatic carbocycles. The quantitative estimate of drug-likeness (QED) is 0.413. The van der Waals surface area contributed by atoms with Crippen LogP contribution in [0, 0.1) is 0 Å². The van der Waals surface area contributed by atoms with Crippen LogP contribution in [0.2, 0.25) is 0 Å². The van der Waals surface area contributed by atoms with Gasteiger partial charge in [-0.15, -0.1) is 12.4 Å². The molecule has 0 unspecified atom stereocenters. The number of halogens is 2. The fraction of sp³-hybridized carbons (Fsp3) is 0.130. The van der Waals surface area contributed by atoms with Gasteiger partial charge < -0.3 is 16.2 Å². The smallest absolute Gasteiger partial charge is 0.337 e. The van der Waals surface area contributed by atoms with Crippen molar-refractivity contribution >= 4 is 61.6 Å². The van der Waals surface area contributed by atoms with E-state index in [1.54, 1.807) is 18.2 Å². The van der Waals surface area contributed by atoms with E-state index in [-0.39, 0.29) is 40.7 Å². The summed E-state index contributed by atoms with van der Waals surface area (Å²) in [4.78, 5) is 24.4. The lowest BCUT2D eigenvalue weighted by atomic mass is 10.1. The Balaban J connectivity index is 0.00000324. The number of carboxylic acid groups (broad SMARTS) is 1. The van der Waals surface area contributed by atoms with Gasteiger partial charge in [0.2, 0.25) is 0 Å². The number of fused-ring (bicyclic) bond motifs is 1. The van der Waals surface area contributed by atoms with E-state index in [0.29, 0.717) is 28.7 Å². The van der Waals surface area contributed by atoms with Crippen LogP contribution in [0.4, 0.5) is 11.4 Å². The normalized spacial score (nSPS) is 12.6. The molecular formula is C23H21BrClN3O5S. The van der Waals surface area contributed by atoms with Gasteiger partial charge >= 0.3 is 5.97 Å². The first-order valence-corrected chi connectivity index (χ1v) is 12.2. The average Bonchev–Trinajstić information content (AvgIpc) is 3.24. The molecule has 0 bridgehead atoms. The molecule has 1 aliphatic rings. The lowest BCUT2D eigenvalue weighted by Gasteiger charge is -2.21. The molecule has 0 aromatic heterocycles. The molecular weight excluding hydrogens is 546 g/mol. The van der Waals surface area contributed by atoms with Gasteiger partial charge in [0, 0.05) is 23.1 Å². The van der Waals surface area contributed by atoms with Crippen LogP contribution in [0.3, 0.4) is 0 Å². The minimum absolute atomic E-state index is 0. The highest BCUT2D eigenvalue weighted by Gasteiger charge is 2.32. The minimum atomic E-state index is -3.98. The predicted octanol–water partition coefficient (Wildman–Crippen LogP) is 4.03. The molecule has 3 aromatic rings. The summed E-state index contributed by atoms with van der Waals surface area (Å²) in [5.41, 5.74) is 7.79. The number of rotatable bonds is 6. The van der Waals surface area contributed by atoms with E-state index in [1.807, 2.05) is 12.1 Å². The second kappa shape index (κ2) is 10.1. The van der Waals surface area contributed by atoms with Crippen LogP contribution in [0.5, 0.6) is 0 Å². The summed E-state index contributed by atoms with van der Waals surface area (Å²) < 4.78 is 29.0. The van der Waals surface area contributed by atoms with Crippen molar-refractivity contribution in [2.45, 2.75) is 17.9 Å². The van der Waals surface area contributed by atoms with Crippen molar-refractivity contribution in [2.24, 2.45) is 5.73 Å². The Morgan fingerprint density at radius 3 is 2.53 bits per heavy atom. The highest BCUT2D eigenvalue weighted by molar-refractivity contribution is 9.10. The molecule has 8 nitrogen and oxygen atoms in total. The van der Waals surface area contributed by atoms with Crippen LogP contribution < -0.4 is 15.4 Å². The van der Waals surface area contributed by atoms with E-state index in [4.69, 9.17) is 5.73 Å². The van der Waals surface area contributed by atoms with E-state index < -0.39 is 21.9 Å². The van der Waals surface area contributed by atoms with Crippen molar-refractivity contribution in [3.05, 3.63) is 87.4 Å². The number of benzene rings is 3. The number of carbonyl (C=O) groups excluding carboxylic acids is 1. The molecule has 0 saturated heterocycles. The summed E-state index contributed by atoms with van der Waals surface area (Å²) in [6.45, 7) is 0.269. The van der Waals surface area contributed by atoms with Gasteiger partial charge in [0.1, 0.15) is 0 Å². The number of para-hydroxylation sites is 1. The Hall–Kier alpha value is -2.92. The number of hydrogen-bond acceptors (Lipinski definition) is 5. The maximum atomic E-state index is 13.5. The molecule has 0 atom stereocenters. The van der Waals surface area contributed by atoms with Crippen LogP contribution in [0.15, 0.2) is 70.0 Å². The highest BCUT2D eigenvalue weighted by Crippen LogP contribution is 2.34. The molecule has 34 heavy (non-hydrogen) atoms. The number of carbonyl (C=O) groups is 2. The van der Waals surface area contributed by atoms with Crippen molar-refractivity contribution < 1.29 is 23.1 Å². The molecule has 1 amide bonds. The van der Waals surface area contributed by atoms with Crippen LogP contribution in [-0.4, -0.2) is 31.9 Å². The Kier molecular flexibility index (Phi) is 7.67. The van der Waals surface area contributed by atoms with Crippen LogP contribution in [0.25, 0.3) is 0 Å².